The van der Waals surface area contributed by atoms with Gasteiger partial charge < -0.3 is 14.8 Å². The Morgan fingerprint density at radius 2 is 1.94 bits per heavy atom. The largest absolute Gasteiger partial charge is 0.461 e. The molecule has 9 nitrogen and oxygen atoms in total. The Labute approximate surface area is 194 Å². The molecule has 0 bridgehead atoms. The number of rotatable bonds is 9. The Hall–Kier alpha value is -3.20. The summed E-state index contributed by atoms with van der Waals surface area (Å²) in [5.41, 5.74) is 0.748. The highest BCUT2D eigenvalue weighted by Gasteiger charge is 2.49. The summed E-state index contributed by atoms with van der Waals surface area (Å²) in [6, 6.07) is 9.04. The lowest BCUT2D eigenvalue weighted by molar-refractivity contribution is -0.126. The molecular formula is C24H32N4O5. The van der Waals surface area contributed by atoms with Crippen molar-refractivity contribution in [2.45, 2.75) is 52.1 Å². The van der Waals surface area contributed by atoms with E-state index in [1.54, 1.807) is 21.0 Å². The molecule has 3 rings (SSSR count). The molecule has 9 heteroatoms. The van der Waals surface area contributed by atoms with Gasteiger partial charge in [0.25, 0.3) is 5.91 Å². The van der Waals surface area contributed by atoms with Crippen molar-refractivity contribution in [1.29, 1.82) is 0 Å². The zero-order valence-electron chi connectivity index (χ0n) is 19.9. The van der Waals surface area contributed by atoms with Gasteiger partial charge >= 0.3 is 5.97 Å². The van der Waals surface area contributed by atoms with Gasteiger partial charge in [0.15, 0.2) is 5.69 Å². The number of methoxy groups -OCH3 is 1. The van der Waals surface area contributed by atoms with E-state index in [2.05, 4.69) is 24.3 Å². The minimum atomic E-state index is -1.26. The van der Waals surface area contributed by atoms with Crippen molar-refractivity contribution >= 4 is 23.5 Å². The van der Waals surface area contributed by atoms with Crippen LogP contribution >= 0.6 is 0 Å². The number of carbonyl (C=O) groups is 3. The number of esters is 1. The van der Waals surface area contributed by atoms with Crippen LogP contribution in [0.1, 0.15) is 66.6 Å². The van der Waals surface area contributed by atoms with Gasteiger partial charge in [-0.05, 0) is 43.9 Å². The van der Waals surface area contributed by atoms with Crippen LogP contribution in [-0.4, -0.2) is 60.0 Å². The SMILES string of the molecule is CCOC(=O)c1cc2n(n1)CC(C)(C(=O)NCCCOC)N(c1ccc(C(C)C)cc1)C2=O. The second-order valence-electron chi connectivity index (χ2n) is 8.56. The summed E-state index contributed by atoms with van der Waals surface area (Å²) in [6.07, 6.45) is 0.648. The first kappa shape index (κ1) is 24.4. The summed E-state index contributed by atoms with van der Waals surface area (Å²) in [5, 5.41) is 7.18. The van der Waals surface area contributed by atoms with Gasteiger partial charge in [-0.15, -0.1) is 0 Å². The van der Waals surface area contributed by atoms with E-state index in [4.69, 9.17) is 9.47 Å². The monoisotopic (exact) mass is 456 g/mol. The fraction of sp³-hybridized carbons (Fsp3) is 0.500. The zero-order valence-corrected chi connectivity index (χ0v) is 19.9. The fourth-order valence-corrected chi connectivity index (χ4v) is 3.91. The molecule has 0 radical (unpaired) electrons. The molecular weight excluding hydrogens is 424 g/mol. The lowest BCUT2D eigenvalue weighted by Crippen LogP contribution is -2.64. The molecule has 0 aliphatic carbocycles. The second-order valence-corrected chi connectivity index (χ2v) is 8.56. The van der Waals surface area contributed by atoms with E-state index in [9.17, 15) is 14.4 Å². The molecule has 1 aliphatic heterocycles. The van der Waals surface area contributed by atoms with Crippen LogP contribution in [-0.2, 0) is 20.8 Å². The van der Waals surface area contributed by atoms with Crippen molar-refractivity contribution in [2.24, 2.45) is 0 Å². The van der Waals surface area contributed by atoms with E-state index in [0.29, 0.717) is 31.2 Å². The lowest BCUT2D eigenvalue weighted by Gasteiger charge is -2.43. The minimum absolute atomic E-state index is 0.0417. The quantitative estimate of drug-likeness (QED) is 0.460. The van der Waals surface area contributed by atoms with E-state index in [-0.39, 0.29) is 30.4 Å². The van der Waals surface area contributed by atoms with Crippen molar-refractivity contribution in [2.75, 3.05) is 31.8 Å². The summed E-state index contributed by atoms with van der Waals surface area (Å²) in [6.45, 7) is 8.82. The average molecular weight is 457 g/mol. The summed E-state index contributed by atoms with van der Waals surface area (Å²) in [5.74, 6) is -0.985. The van der Waals surface area contributed by atoms with Crippen molar-refractivity contribution in [3.63, 3.8) is 0 Å². The van der Waals surface area contributed by atoms with Crippen LogP contribution in [0.5, 0.6) is 0 Å². The third kappa shape index (κ3) is 4.93. The van der Waals surface area contributed by atoms with Crippen LogP contribution in [0.3, 0.4) is 0 Å². The third-order valence-electron chi connectivity index (χ3n) is 5.76. The maximum atomic E-state index is 13.6. The number of anilines is 1. The zero-order chi connectivity index (χ0) is 24.2. The van der Waals surface area contributed by atoms with Crippen molar-refractivity contribution < 1.29 is 23.9 Å². The van der Waals surface area contributed by atoms with Crippen LogP contribution in [0.15, 0.2) is 30.3 Å². The van der Waals surface area contributed by atoms with Crippen LogP contribution in [0, 0.1) is 0 Å². The van der Waals surface area contributed by atoms with Gasteiger partial charge in [0.1, 0.15) is 11.2 Å². The first-order chi connectivity index (χ1) is 15.7. The van der Waals surface area contributed by atoms with Gasteiger partial charge in [-0.3, -0.25) is 19.2 Å². The molecule has 0 saturated heterocycles. The van der Waals surface area contributed by atoms with Gasteiger partial charge in [-0.25, -0.2) is 4.79 Å². The van der Waals surface area contributed by atoms with Gasteiger partial charge in [-0.1, -0.05) is 26.0 Å². The highest BCUT2D eigenvalue weighted by molar-refractivity contribution is 6.12. The Morgan fingerprint density at radius 3 is 2.55 bits per heavy atom. The van der Waals surface area contributed by atoms with E-state index in [1.807, 2.05) is 24.3 Å². The average Bonchev–Trinajstić information content (AvgIpc) is 3.21. The van der Waals surface area contributed by atoms with E-state index in [0.717, 1.165) is 5.56 Å². The maximum absolute atomic E-state index is 13.6. The summed E-state index contributed by atoms with van der Waals surface area (Å²) >= 11 is 0. The van der Waals surface area contributed by atoms with E-state index < -0.39 is 17.4 Å². The molecule has 178 valence electrons. The van der Waals surface area contributed by atoms with E-state index >= 15 is 0 Å². The number of hydrogen-bond acceptors (Lipinski definition) is 6. The van der Waals surface area contributed by atoms with E-state index in [1.165, 1.54) is 15.6 Å². The smallest absolute Gasteiger partial charge is 0.358 e. The summed E-state index contributed by atoms with van der Waals surface area (Å²) in [4.78, 5) is 40.7. The summed E-state index contributed by atoms with van der Waals surface area (Å²) in [7, 11) is 1.60. The Balaban J connectivity index is 2.01. The second kappa shape index (κ2) is 10.2. The molecule has 1 aromatic carbocycles. The third-order valence-corrected chi connectivity index (χ3v) is 5.76. The molecule has 0 saturated carbocycles. The van der Waals surface area contributed by atoms with Crippen molar-refractivity contribution in [3.8, 4) is 0 Å². The van der Waals surface area contributed by atoms with Gasteiger partial charge in [-0.2, -0.15) is 5.10 Å². The first-order valence-electron chi connectivity index (χ1n) is 11.2. The predicted octanol–water partition coefficient (Wildman–Crippen LogP) is 2.76. The number of amides is 2. The lowest BCUT2D eigenvalue weighted by atomic mass is 9.93. The van der Waals surface area contributed by atoms with Crippen LogP contribution in [0.25, 0.3) is 0 Å². The number of benzene rings is 1. The number of fused-ring (bicyclic) bond motifs is 1. The Bertz CT molecular complexity index is 1010. The first-order valence-corrected chi connectivity index (χ1v) is 11.2. The number of hydrogen-bond donors (Lipinski definition) is 1. The molecule has 1 aliphatic rings. The highest BCUT2D eigenvalue weighted by Crippen LogP contribution is 2.33. The molecule has 1 N–H and O–H groups in total. The molecule has 1 aromatic heterocycles. The topological polar surface area (TPSA) is 103 Å². The van der Waals surface area contributed by atoms with Crippen LogP contribution in [0.4, 0.5) is 5.69 Å². The number of nitrogens with zero attached hydrogens (tertiary/aromatic N) is 3. The standard InChI is InChI=1S/C24H32N4O5/c1-6-33-22(30)19-14-20-21(29)28(18-10-8-17(9-11-18)16(2)3)24(4,15-27(20)26-19)23(31)25-12-7-13-32-5/h8-11,14,16H,6-7,12-13,15H2,1-5H3,(H,25,31). The molecule has 0 fully saturated rings. The maximum Gasteiger partial charge on any atom is 0.358 e. The Morgan fingerprint density at radius 1 is 1.24 bits per heavy atom. The minimum Gasteiger partial charge on any atom is -0.461 e. The van der Waals surface area contributed by atoms with Crippen molar-refractivity contribution in [1.82, 2.24) is 15.1 Å². The molecule has 33 heavy (non-hydrogen) atoms. The normalized spacial score (nSPS) is 17.8. The number of aromatic nitrogens is 2. The number of nitrogens with one attached hydrogen (secondary N) is 1. The molecule has 2 amide bonds. The highest BCUT2D eigenvalue weighted by atomic mass is 16.5. The molecule has 2 aromatic rings. The van der Waals surface area contributed by atoms with Crippen LogP contribution in [0.2, 0.25) is 0 Å². The molecule has 1 unspecified atom stereocenters. The van der Waals surface area contributed by atoms with Gasteiger partial charge in [0.05, 0.1) is 13.2 Å². The van der Waals surface area contributed by atoms with Crippen LogP contribution < -0.4 is 10.2 Å². The van der Waals surface area contributed by atoms with Crippen molar-refractivity contribution in [3.05, 3.63) is 47.3 Å². The Kier molecular flexibility index (Phi) is 7.53. The molecule has 0 spiro atoms. The van der Waals surface area contributed by atoms with Gasteiger partial charge in [0, 0.05) is 32.0 Å². The van der Waals surface area contributed by atoms with Gasteiger partial charge in [0.2, 0.25) is 5.91 Å². The predicted molar refractivity (Wildman–Crippen MR) is 123 cm³/mol. The summed E-state index contributed by atoms with van der Waals surface area (Å²) < 4.78 is 11.5. The molecule has 1 atom stereocenters. The molecule has 2 heterocycles. The number of carbonyl (C=O) groups excluding carboxylic acids is 3. The number of ether oxygens (including phenoxy) is 2. The fourth-order valence-electron chi connectivity index (χ4n) is 3.91.